The Balaban J connectivity index is 1.54. The van der Waals surface area contributed by atoms with Crippen LogP contribution < -0.4 is 5.32 Å². The van der Waals surface area contributed by atoms with Crippen LogP contribution in [0, 0.1) is 24.5 Å². The topological polar surface area (TPSA) is 92.5 Å². The highest BCUT2D eigenvalue weighted by Crippen LogP contribution is 2.30. The Morgan fingerprint density at radius 2 is 1.97 bits per heavy atom. The van der Waals surface area contributed by atoms with Gasteiger partial charge in [0.1, 0.15) is 17.3 Å². The summed E-state index contributed by atoms with van der Waals surface area (Å²) in [6, 6.07) is 9.86. The second-order valence-corrected chi connectivity index (χ2v) is 10.4. The van der Waals surface area contributed by atoms with Crippen LogP contribution in [0.3, 0.4) is 0 Å². The Morgan fingerprint density at radius 3 is 2.71 bits per heavy atom. The molecule has 1 atom stereocenters. The van der Waals surface area contributed by atoms with E-state index in [9.17, 15) is 22.0 Å². The quantitative estimate of drug-likeness (QED) is 0.486. The van der Waals surface area contributed by atoms with Crippen molar-refractivity contribution in [2.45, 2.75) is 24.7 Å². The van der Waals surface area contributed by atoms with Gasteiger partial charge in [-0.15, -0.1) is 0 Å². The van der Waals surface area contributed by atoms with Crippen LogP contribution >= 0.6 is 11.6 Å². The number of benzene rings is 2. The minimum Gasteiger partial charge on any atom is -0.355 e. The van der Waals surface area contributed by atoms with Gasteiger partial charge in [-0.25, -0.2) is 17.2 Å². The summed E-state index contributed by atoms with van der Waals surface area (Å²) in [6.45, 7) is 1.67. The van der Waals surface area contributed by atoms with Crippen LogP contribution in [0.4, 0.5) is 14.5 Å². The Bertz CT molecular complexity index is 1390. The number of sulfonamides is 1. The fourth-order valence-corrected chi connectivity index (χ4v) is 5.85. The van der Waals surface area contributed by atoms with E-state index >= 15 is 0 Å². The molecule has 35 heavy (non-hydrogen) atoms. The van der Waals surface area contributed by atoms with Crippen molar-refractivity contribution in [3.8, 4) is 0 Å². The summed E-state index contributed by atoms with van der Waals surface area (Å²) < 4.78 is 60.8. The van der Waals surface area contributed by atoms with Gasteiger partial charge in [0.15, 0.2) is 10.7 Å². The molecule has 0 unspecified atom stereocenters. The number of hydrogen-bond acceptors (Lipinski definition) is 5. The number of carbonyl (C=O) groups excluding carboxylic acids is 1. The molecule has 11 heteroatoms. The first-order valence-corrected chi connectivity index (χ1v) is 12.6. The van der Waals surface area contributed by atoms with Crippen LogP contribution in [0.2, 0.25) is 5.02 Å². The maximum Gasteiger partial charge on any atom is 0.248 e. The molecule has 1 aliphatic heterocycles. The Kier molecular flexibility index (Phi) is 7.34. The van der Waals surface area contributed by atoms with E-state index in [1.165, 1.54) is 41.6 Å². The SMILES string of the molecule is Cc1noc(/C=C/c2ccccc2F)c1S(=O)(=O)N1CCC[C@@H](C(=O)Nc2ccc(F)c(Cl)c2)C1. The third-order valence-electron chi connectivity index (χ3n) is 5.69. The van der Waals surface area contributed by atoms with Gasteiger partial charge in [-0.05, 0) is 56.2 Å². The lowest BCUT2D eigenvalue weighted by atomic mass is 9.99. The van der Waals surface area contributed by atoms with Gasteiger partial charge in [-0.2, -0.15) is 4.31 Å². The average Bonchev–Trinajstić information content (AvgIpc) is 3.22. The summed E-state index contributed by atoms with van der Waals surface area (Å²) in [6.07, 6.45) is 3.72. The summed E-state index contributed by atoms with van der Waals surface area (Å²) in [4.78, 5) is 12.7. The Labute approximate surface area is 206 Å². The third-order valence-corrected chi connectivity index (χ3v) is 8.01. The normalized spacial score (nSPS) is 17.1. The van der Waals surface area contributed by atoms with Gasteiger partial charge >= 0.3 is 0 Å². The highest BCUT2D eigenvalue weighted by atomic mass is 35.5. The summed E-state index contributed by atoms with van der Waals surface area (Å²) in [5, 5.41) is 6.32. The number of amides is 1. The second-order valence-electron chi connectivity index (χ2n) is 8.14. The molecule has 0 radical (unpaired) electrons. The summed E-state index contributed by atoms with van der Waals surface area (Å²) >= 11 is 5.77. The summed E-state index contributed by atoms with van der Waals surface area (Å²) in [5.74, 6) is -2.12. The van der Waals surface area contributed by atoms with E-state index in [0.29, 0.717) is 18.5 Å². The number of anilines is 1. The molecule has 4 rings (SSSR count). The van der Waals surface area contributed by atoms with Crippen molar-refractivity contribution < 1.29 is 26.5 Å². The van der Waals surface area contributed by atoms with Gasteiger partial charge in [-0.1, -0.05) is 35.0 Å². The maximum atomic E-state index is 14.0. The molecule has 1 N–H and O–H groups in total. The van der Waals surface area contributed by atoms with Crippen molar-refractivity contribution >= 4 is 45.4 Å². The minimum absolute atomic E-state index is 0.0294. The van der Waals surface area contributed by atoms with Crippen LogP contribution in [0.25, 0.3) is 12.2 Å². The van der Waals surface area contributed by atoms with Crippen LogP contribution in [-0.4, -0.2) is 36.9 Å². The fourth-order valence-electron chi connectivity index (χ4n) is 3.90. The first-order chi connectivity index (χ1) is 16.7. The predicted octanol–water partition coefficient (Wildman–Crippen LogP) is 5.12. The largest absolute Gasteiger partial charge is 0.355 e. The van der Waals surface area contributed by atoms with E-state index in [-0.39, 0.29) is 40.0 Å². The van der Waals surface area contributed by atoms with Crippen molar-refractivity contribution in [1.82, 2.24) is 9.46 Å². The molecule has 2 heterocycles. The van der Waals surface area contributed by atoms with Gasteiger partial charge in [0.05, 0.1) is 10.9 Å². The van der Waals surface area contributed by atoms with E-state index in [0.717, 1.165) is 6.07 Å². The first-order valence-electron chi connectivity index (χ1n) is 10.8. The molecule has 0 saturated carbocycles. The van der Waals surface area contributed by atoms with Crippen molar-refractivity contribution in [1.29, 1.82) is 0 Å². The number of piperidine rings is 1. The number of carbonyl (C=O) groups is 1. The monoisotopic (exact) mass is 521 g/mol. The molecule has 7 nitrogen and oxygen atoms in total. The third kappa shape index (κ3) is 5.44. The molecule has 0 bridgehead atoms. The van der Waals surface area contributed by atoms with Gasteiger partial charge in [0, 0.05) is 24.3 Å². The highest BCUT2D eigenvalue weighted by molar-refractivity contribution is 7.89. The number of hydrogen-bond donors (Lipinski definition) is 1. The van der Waals surface area contributed by atoms with Crippen molar-refractivity contribution in [3.63, 3.8) is 0 Å². The van der Waals surface area contributed by atoms with E-state index in [2.05, 4.69) is 10.5 Å². The molecule has 2 aromatic carbocycles. The predicted molar refractivity (Wildman–Crippen MR) is 128 cm³/mol. The number of nitrogens with zero attached hydrogens (tertiary/aromatic N) is 2. The lowest BCUT2D eigenvalue weighted by Gasteiger charge is -2.31. The number of nitrogens with one attached hydrogen (secondary N) is 1. The minimum atomic E-state index is -4.06. The number of rotatable bonds is 6. The molecule has 1 aromatic heterocycles. The van der Waals surface area contributed by atoms with Crippen LogP contribution in [0.1, 0.15) is 29.9 Å². The molecule has 1 saturated heterocycles. The van der Waals surface area contributed by atoms with E-state index < -0.39 is 33.5 Å². The second kappa shape index (κ2) is 10.3. The van der Waals surface area contributed by atoms with Gasteiger partial charge < -0.3 is 9.84 Å². The number of aromatic nitrogens is 1. The standard InChI is InChI=1S/C24H22ClF2N3O4S/c1-15-23(22(34-29-15)11-8-16-5-2-3-7-20(16)26)35(32,33)30-12-4-6-17(14-30)24(31)28-18-9-10-21(27)19(25)13-18/h2-3,5,7-11,13,17H,4,6,12,14H2,1H3,(H,28,31)/b11-8+/t17-/m1/s1. The summed E-state index contributed by atoms with van der Waals surface area (Å²) in [5.41, 5.74) is 0.739. The van der Waals surface area contributed by atoms with Crippen molar-refractivity contribution in [2.75, 3.05) is 18.4 Å². The van der Waals surface area contributed by atoms with Crippen LogP contribution in [0.5, 0.6) is 0 Å². The molecule has 184 valence electrons. The molecule has 0 spiro atoms. The first kappa shape index (κ1) is 25.0. The van der Waals surface area contributed by atoms with E-state index in [1.807, 2.05) is 0 Å². The van der Waals surface area contributed by atoms with Gasteiger partial charge in [0.2, 0.25) is 15.9 Å². The molecule has 3 aromatic rings. The number of aryl methyl sites for hydroxylation is 1. The lowest BCUT2D eigenvalue weighted by molar-refractivity contribution is -0.120. The fraction of sp³-hybridized carbons (Fsp3) is 0.250. The van der Waals surface area contributed by atoms with Crippen molar-refractivity contribution in [2.24, 2.45) is 5.92 Å². The van der Waals surface area contributed by atoms with E-state index in [1.54, 1.807) is 18.2 Å². The molecular weight excluding hydrogens is 500 g/mol. The molecule has 1 amide bonds. The summed E-state index contributed by atoms with van der Waals surface area (Å²) in [7, 11) is -4.06. The molecule has 0 aliphatic carbocycles. The zero-order valence-corrected chi connectivity index (χ0v) is 20.2. The zero-order valence-electron chi connectivity index (χ0n) is 18.7. The molecular formula is C24H22ClF2N3O4S. The van der Waals surface area contributed by atoms with Gasteiger partial charge in [-0.3, -0.25) is 4.79 Å². The van der Waals surface area contributed by atoms with E-state index in [4.69, 9.17) is 16.1 Å². The maximum absolute atomic E-state index is 14.0. The van der Waals surface area contributed by atoms with Crippen LogP contribution in [0.15, 0.2) is 51.9 Å². The Morgan fingerprint density at radius 1 is 1.20 bits per heavy atom. The van der Waals surface area contributed by atoms with Crippen molar-refractivity contribution in [3.05, 3.63) is 76.1 Å². The smallest absolute Gasteiger partial charge is 0.248 e. The lowest BCUT2D eigenvalue weighted by Crippen LogP contribution is -2.43. The Hall–Kier alpha value is -3.08. The highest BCUT2D eigenvalue weighted by Gasteiger charge is 2.37. The zero-order chi connectivity index (χ0) is 25.2. The van der Waals surface area contributed by atoms with Crippen LogP contribution in [-0.2, 0) is 14.8 Å². The average molecular weight is 522 g/mol. The molecule has 1 fully saturated rings. The van der Waals surface area contributed by atoms with Gasteiger partial charge in [0.25, 0.3) is 0 Å². The number of halogens is 3. The molecule has 1 aliphatic rings.